The molecule has 0 aliphatic carbocycles. The number of hydrogen-bond donors (Lipinski definition) is 1. The average molecular weight is 338 g/mol. The predicted octanol–water partition coefficient (Wildman–Crippen LogP) is 3.31. The van der Waals surface area contributed by atoms with Gasteiger partial charge in [-0.2, -0.15) is 0 Å². The Morgan fingerprint density at radius 1 is 1.12 bits per heavy atom. The van der Waals surface area contributed by atoms with E-state index in [1.165, 1.54) is 0 Å². The van der Waals surface area contributed by atoms with E-state index in [4.69, 9.17) is 4.74 Å². The lowest BCUT2D eigenvalue weighted by Gasteiger charge is -2.30. The lowest BCUT2D eigenvalue weighted by atomic mass is 10.0. The third-order valence-corrected chi connectivity index (χ3v) is 4.45. The van der Waals surface area contributed by atoms with E-state index in [1.54, 1.807) is 24.1 Å². The molecule has 2 aromatic rings. The molecule has 0 fully saturated rings. The maximum Gasteiger partial charge on any atom is 0.255 e. The Hall–Kier alpha value is -2.82. The van der Waals surface area contributed by atoms with Crippen molar-refractivity contribution in [3.8, 4) is 5.75 Å². The van der Waals surface area contributed by atoms with Gasteiger partial charge in [0, 0.05) is 12.1 Å². The normalized spacial score (nSPS) is 14.4. The summed E-state index contributed by atoms with van der Waals surface area (Å²) in [5.41, 5.74) is 2.24. The Balaban J connectivity index is 1.85. The van der Waals surface area contributed by atoms with Gasteiger partial charge in [-0.1, -0.05) is 44.2 Å². The fraction of sp³-hybridized carbons (Fsp3) is 0.300. The van der Waals surface area contributed by atoms with Gasteiger partial charge in [-0.15, -0.1) is 0 Å². The van der Waals surface area contributed by atoms with Crippen molar-refractivity contribution < 1.29 is 14.3 Å². The number of ether oxygens (including phenoxy) is 1. The molecule has 0 unspecified atom stereocenters. The van der Waals surface area contributed by atoms with E-state index < -0.39 is 6.04 Å². The monoisotopic (exact) mass is 338 g/mol. The Labute approximate surface area is 147 Å². The highest BCUT2D eigenvalue weighted by Gasteiger charge is 2.38. The Morgan fingerprint density at radius 3 is 2.48 bits per heavy atom. The van der Waals surface area contributed by atoms with Crippen molar-refractivity contribution >= 4 is 17.5 Å². The van der Waals surface area contributed by atoms with Crippen molar-refractivity contribution in [1.29, 1.82) is 0 Å². The van der Waals surface area contributed by atoms with Crippen molar-refractivity contribution in [1.82, 2.24) is 4.90 Å². The van der Waals surface area contributed by atoms with Crippen LogP contribution in [0, 0.1) is 5.92 Å². The van der Waals surface area contributed by atoms with E-state index in [-0.39, 0.29) is 17.7 Å². The number of carbonyl (C=O) groups is 2. The van der Waals surface area contributed by atoms with Gasteiger partial charge in [0.1, 0.15) is 11.8 Å². The molecule has 1 atom stereocenters. The van der Waals surface area contributed by atoms with E-state index in [9.17, 15) is 9.59 Å². The molecule has 2 amide bonds. The van der Waals surface area contributed by atoms with Gasteiger partial charge in [0.25, 0.3) is 5.91 Å². The van der Waals surface area contributed by atoms with Crippen LogP contribution in [-0.2, 0) is 11.3 Å². The highest BCUT2D eigenvalue weighted by atomic mass is 16.5. The molecule has 0 saturated carbocycles. The summed E-state index contributed by atoms with van der Waals surface area (Å²) in [6.45, 7) is 4.35. The number of fused-ring (bicyclic) bond motifs is 1. The van der Waals surface area contributed by atoms with Crippen LogP contribution in [0.1, 0.15) is 29.8 Å². The molecule has 0 spiro atoms. The quantitative estimate of drug-likeness (QED) is 0.910. The number of para-hydroxylation sites is 2. The van der Waals surface area contributed by atoms with Crippen LogP contribution in [0.5, 0.6) is 5.75 Å². The third-order valence-electron chi connectivity index (χ3n) is 4.45. The second-order valence-corrected chi connectivity index (χ2v) is 6.47. The molecule has 1 heterocycles. The standard InChI is InChI=1S/C20H22N2O3/c1-13(2)18(19(23)21-16-10-6-7-11-17(16)25-3)22-12-14-8-4-5-9-15(14)20(22)24/h4-11,13,18H,12H2,1-3H3,(H,21,23)/t18-/m1/s1. The van der Waals surface area contributed by atoms with Crippen molar-refractivity contribution in [3.05, 3.63) is 59.7 Å². The number of benzene rings is 2. The molecule has 3 rings (SSSR count). The van der Waals surface area contributed by atoms with Crippen molar-refractivity contribution in [2.24, 2.45) is 5.92 Å². The number of amides is 2. The fourth-order valence-corrected chi connectivity index (χ4v) is 3.26. The number of rotatable bonds is 5. The average Bonchev–Trinajstić information content (AvgIpc) is 2.92. The summed E-state index contributed by atoms with van der Waals surface area (Å²) >= 11 is 0. The molecule has 0 radical (unpaired) electrons. The summed E-state index contributed by atoms with van der Waals surface area (Å²) in [5, 5.41) is 2.91. The molecule has 0 aromatic heterocycles. The SMILES string of the molecule is COc1ccccc1NC(=O)[C@@H](C(C)C)N1Cc2ccccc2C1=O. The molecule has 0 bridgehead atoms. The second kappa shape index (κ2) is 6.97. The van der Waals surface area contributed by atoms with Crippen LogP contribution in [0.15, 0.2) is 48.5 Å². The van der Waals surface area contributed by atoms with Crippen molar-refractivity contribution in [3.63, 3.8) is 0 Å². The summed E-state index contributed by atoms with van der Waals surface area (Å²) in [6, 6.07) is 14.2. The molecule has 130 valence electrons. The van der Waals surface area contributed by atoms with Crippen LogP contribution in [-0.4, -0.2) is 29.9 Å². The van der Waals surface area contributed by atoms with E-state index in [1.807, 2.05) is 50.2 Å². The Morgan fingerprint density at radius 2 is 1.80 bits per heavy atom. The summed E-state index contributed by atoms with van der Waals surface area (Å²) in [7, 11) is 1.56. The van der Waals surface area contributed by atoms with Gasteiger partial charge < -0.3 is 15.0 Å². The van der Waals surface area contributed by atoms with Crippen LogP contribution >= 0.6 is 0 Å². The summed E-state index contributed by atoms with van der Waals surface area (Å²) < 4.78 is 5.29. The van der Waals surface area contributed by atoms with Gasteiger partial charge >= 0.3 is 0 Å². The Kier molecular flexibility index (Phi) is 4.74. The molecule has 0 saturated heterocycles. The summed E-state index contributed by atoms with van der Waals surface area (Å²) in [4.78, 5) is 27.3. The van der Waals surface area contributed by atoms with Gasteiger partial charge in [-0.25, -0.2) is 0 Å². The third kappa shape index (κ3) is 3.22. The van der Waals surface area contributed by atoms with Crippen LogP contribution in [0.4, 0.5) is 5.69 Å². The minimum absolute atomic E-state index is 0.0204. The first kappa shape index (κ1) is 17.0. The van der Waals surface area contributed by atoms with Crippen molar-refractivity contribution in [2.45, 2.75) is 26.4 Å². The molecule has 5 heteroatoms. The van der Waals surface area contributed by atoms with Crippen LogP contribution < -0.4 is 10.1 Å². The first-order valence-corrected chi connectivity index (χ1v) is 8.35. The number of carbonyl (C=O) groups excluding carboxylic acids is 2. The first-order valence-electron chi connectivity index (χ1n) is 8.35. The summed E-state index contributed by atoms with van der Waals surface area (Å²) in [6.07, 6.45) is 0. The lowest BCUT2D eigenvalue weighted by Crippen LogP contribution is -2.47. The van der Waals surface area contributed by atoms with E-state index in [0.29, 0.717) is 23.5 Å². The van der Waals surface area contributed by atoms with E-state index >= 15 is 0 Å². The highest BCUT2D eigenvalue weighted by molar-refractivity contribution is 6.04. The first-order chi connectivity index (χ1) is 12.0. The predicted molar refractivity (Wildman–Crippen MR) is 96.6 cm³/mol. The topological polar surface area (TPSA) is 58.6 Å². The van der Waals surface area contributed by atoms with Gasteiger partial charge in [0.15, 0.2) is 0 Å². The minimum atomic E-state index is -0.551. The maximum absolute atomic E-state index is 12.9. The zero-order valence-corrected chi connectivity index (χ0v) is 14.7. The fourth-order valence-electron chi connectivity index (χ4n) is 3.26. The minimum Gasteiger partial charge on any atom is -0.495 e. The van der Waals surface area contributed by atoms with Gasteiger partial charge in [0.05, 0.1) is 12.8 Å². The van der Waals surface area contributed by atoms with Crippen molar-refractivity contribution in [2.75, 3.05) is 12.4 Å². The Bertz CT molecular complexity index is 801. The molecule has 1 N–H and O–H groups in total. The number of anilines is 1. The van der Waals surface area contributed by atoms with Gasteiger partial charge in [-0.05, 0) is 29.7 Å². The zero-order valence-electron chi connectivity index (χ0n) is 14.7. The molecule has 2 aromatic carbocycles. The molecule has 25 heavy (non-hydrogen) atoms. The lowest BCUT2D eigenvalue weighted by molar-refractivity contribution is -0.122. The van der Waals surface area contributed by atoms with Crippen LogP contribution in [0.25, 0.3) is 0 Å². The van der Waals surface area contributed by atoms with E-state index in [0.717, 1.165) is 5.56 Å². The number of hydrogen-bond acceptors (Lipinski definition) is 3. The largest absolute Gasteiger partial charge is 0.495 e. The number of methoxy groups -OCH3 is 1. The molecule has 1 aliphatic heterocycles. The highest BCUT2D eigenvalue weighted by Crippen LogP contribution is 2.29. The zero-order chi connectivity index (χ0) is 18.0. The second-order valence-electron chi connectivity index (χ2n) is 6.47. The van der Waals surface area contributed by atoms with Crippen LogP contribution in [0.2, 0.25) is 0 Å². The molecule has 5 nitrogen and oxygen atoms in total. The number of nitrogens with one attached hydrogen (secondary N) is 1. The molecular weight excluding hydrogens is 316 g/mol. The smallest absolute Gasteiger partial charge is 0.255 e. The van der Waals surface area contributed by atoms with Gasteiger partial charge in [0.2, 0.25) is 5.91 Å². The van der Waals surface area contributed by atoms with E-state index in [2.05, 4.69) is 5.32 Å². The number of nitrogens with zero attached hydrogens (tertiary/aromatic N) is 1. The molecular formula is C20H22N2O3. The maximum atomic E-state index is 12.9. The van der Waals surface area contributed by atoms with Crippen LogP contribution in [0.3, 0.4) is 0 Å². The van der Waals surface area contributed by atoms with Gasteiger partial charge in [-0.3, -0.25) is 9.59 Å². The summed E-state index contributed by atoms with van der Waals surface area (Å²) in [5.74, 6) is 0.271. The molecule has 1 aliphatic rings.